The van der Waals surface area contributed by atoms with Gasteiger partial charge in [0, 0.05) is 47.6 Å². The van der Waals surface area contributed by atoms with Crippen molar-refractivity contribution in [3.8, 4) is 11.5 Å². The van der Waals surface area contributed by atoms with Crippen LogP contribution in [-0.2, 0) is 38.2 Å². The van der Waals surface area contributed by atoms with Gasteiger partial charge in [0.1, 0.15) is 71.2 Å². The first-order chi connectivity index (χ1) is 44.2. The summed E-state index contributed by atoms with van der Waals surface area (Å²) < 4.78 is 23.9. The van der Waals surface area contributed by atoms with Crippen LogP contribution in [0.4, 0.5) is 9.59 Å². The number of ketones is 2. The van der Waals surface area contributed by atoms with Crippen molar-refractivity contribution in [1.82, 2.24) is 41.0 Å². The van der Waals surface area contributed by atoms with Crippen LogP contribution in [0.5, 0.6) is 11.5 Å². The van der Waals surface area contributed by atoms with E-state index in [2.05, 4.69) is 44.4 Å². The van der Waals surface area contributed by atoms with Gasteiger partial charge in [0.05, 0.1) is 35.8 Å². The van der Waals surface area contributed by atoms with Gasteiger partial charge in [-0.25, -0.2) is 24.4 Å². The maximum absolute atomic E-state index is 14.4. The minimum Gasteiger partial charge on any atom is -0.543 e. The van der Waals surface area contributed by atoms with Crippen LogP contribution in [0.25, 0.3) is 21.8 Å². The Kier molecular flexibility index (Phi) is 25.2. The number of pyridine rings is 2. The largest absolute Gasteiger partial charge is 1.00 e. The van der Waals surface area contributed by atoms with E-state index in [1.807, 2.05) is 46.8 Å². The Morgan fingerprint density at radius 1 is 0.598 bits per heavy atom. The summed E-state index contributed by atoms with van der Waals surface area (Å²) in [4.78, 5) is 143. The van der Waals surface area contributed by atoms with Crippen LogP contribution in [0.15, 0.2) is 73.8 Å². The number of aryl methyl sites for hydroxylation is 2. The molecule has 0 spiro atoms. The molecule has 2 aliphatic heterocycles. The van der Waals surface area contributed by atoms with Gasteiger partial charge < -0.3 is 65.0 Å². The zero-order valence-corrected chi connectivity index (χ0v) is 58.2. The van der Waals surface area contributed by atoms with Gasteiger partial charge in [0.2, 0.25) is 23.6 Å². The van der Waals surface area contributed by atoms with Crippen LogP contribution in [-0.4, -0.2) is 157 Å². The van der Waals surface area contributed by atoms with Crippen molar-refractivity contribution in [1.29, 1.82) is 0 Å². The first-order valence-electron chi connectivity index (χ1n) is 32.3. The van der Waals surface area contributed by atoms with Gasteiger partial charge in [0.25, 0.3) is 0 Å². The number of ether oxygens (including phenoxy) is 4. The van der Waals surface area contributed by atoms with E-state index in [4.69, 9.17) is 18.9 Å². The number of hydrogen-bond acceptors (Lipinski definition) is 17. The number of rotatable bonds is 20. The summed E-state index contributed by atoms with van der Waals surface area (Å²) in [5.41, 5.74) is -1.64. The Bertz CT molecular complexity index is 3470. The molecule has 6 amide bonds. The number of nitrogens with zero attached hydrogens (tertiary/aromatic N) is 4. The van der Waals surface area contributed by atoms with E-state index < -0.39 is 106 Å². The number of alkyl carbamates (subject to hydrolysis) is 2. The second-order valence-corrected chi connectivity index (χ2v) is 28.2. The van der Waals surface area contributed by atoms with Crippen molar-refractivity contribution in [3.63, 3.8) is 0 Å². The molecule has 10 atom stereocenters. The van der Waals surface area contributed by atoms with Crippen LogP contribution in [0.1, 0.15) is 179 Å². The number of carbonyl (C=O) groups excluding carboxylic acids is 9. The molecule has 97 heavy (non-hydrogen) atoms. The van der Waals surface area contributed by atoms with Crippen LogP contribution >= 0.6 is 0 Å². The number of benzene rings is 2. The molecule has 520 valence electrons. The molecule has 0 bridgehead atoms. The Balaban J connectivity index is 0.000000297. The number of Topliss-reactive ketones (excluding diaryl/α,β-unsaturated/α-hetero) is 2. The molecule has 2 aromatic carbocycles. The summed E-state index contributed by atoms with van der Waals surface area (Å²) in [5, 5.41) is 34.0. The number of carboxylic acid groups (broad SMARTS) is 2. The monoisotopic (exact) mass is 1350 g/mol. The molecule has 6 fully saturated rings. The van der Waals surface area contributed by atoms with Crippen molar-refractivity contribution >= 4 is 81.1 Å². The summed E-state index contributed by atoms with van der Waals surface area (Å²) in [5.74, 6) is -5.16. The summed E-state index contributed by atoms with van der Waals surface area (Å²) >= 11 is 0. The van der Waals surface area contributed by atoms with Crippen molar-refractivity contribution in [2.75, 3.05) is 13.1 Å². The average molecular weight is 1350 g/mol. The van der Waals surface area contributed by atoms with E-state index in [0.29, 0.717) is 34.6 Å². The van der Waals surface area contributed by atoms with Crippen LogP contribution < -0.4 is 65.4 Å². The van der Waals surface area contributed by atoms with E-state index in [9.17, 15) is 58.2 Å². The number of nitrogens with one attached hydrogen (secondary N) is 4. The molecule has 0 radical (unpaired) electrons. The predicted octanol–water partition coefficient (Wildman–Crippen LogP) is 5.59. The quantitative estimate of drug-likeness (QED) is 0.0532. The number of fused-ring (bicyclic) bond motifs is 2. The first kappa shape index (κ1) is 78.0. The number of amides is 6. The number of hydrogen-bond donors (Lipinski definition) is 5. The van der Waals surface area contributed by atoms with Gasteiger partial charge in [-0.3, -0.25) is 28.8 Å². The number of aromatic nitrogens is 2. The molecule has 4 aliphatic carbocycles. The van der Waals surface area contributed by atoms with E-state index in [-0.39, 0.29) is 129 Å². The molecular formula is C72H95N8NaO16. The number of aromatic carboxylic acids is 2. The summed E-state index contributed by atoms with van der Waals surface area (Å²) in [6.07, 6.45) is 7.87. The third-order valence-electron chi connectivity index (χ3n) is 19.0. The van der Waals surface area contributed by atoms with Crippen molar-refractivity contribution in [3.05, 3.63) is 96.4 Å². The average Bonchev–Trinajstić information content (AvgIpc) is 1.60. The maximum Gasteiger partial charge on any atom is 1.00 e. The van der Waals surface area contributed by atoms with Crippen molar-refractivity contribution in [2.45, 2.75) is 221 Å². The van der Waals surface area contributed by atoms with Crippen LogP contribution in [0.2, 0.25) is 0 Å². The molecule has 4 saturated carbocycles. The zero-order chi connectivity index (χ0) is 68.5. The Hall–Kier alpha value is -7.96. The van der Waals surface area contributed by atoms with Gasteiger partial charge in [-0.15, -0.1) is 13.2 Å². The minimum absolute atomic E-state index is 0. The van der Waals surface area contributed by atoms with E-state index in [1.54, 1.807) is 57.2 Å². The maximum atomic E-state index is 14.4. The third-order valence-corrected chi connectivity index (χ3v) is 19.0. The summed E-state index contributed by atoms with van der Waals surface area (Å²) in [6, 6.07) is 9.15. The Labute approximate surface area is 589 Å². The van der Waals surface area contributed by atoms with E-state index in [1.165, 1.54) is 35.8 Å². The van der Waals surface area contributed by atoms with Crippen LogP contribution in [0.3, 0.4) is 0 Å². The number of carbonyl (C=O) groups is 10. The molecule has 24 nitrogen and oxygen atoms in total. The molecule has 4 aromatic rings. The molecule has 25 heteroatoms. The number of carboxylic acids is 2. The van der Waals surface area contributed by atoms with Crippen molar-refractivity contribution in [2.24, 2.45) is 22.7 Å². The first-order valence-corrected chi connectivity index (χ1v) is 32.3. The Morgan fingerprint density at radius 3 is 1.28 bits per heavy atom. The normalized spacial score (nSPS) is 24.0. The third kappa shape index (κ3) is 17.7. The van der Waals surface area contributed by atoms with Gasteiger partial charge in [0.15, 0.2) is 17.3 Å². The van der Waals surface area contributed by atoms with Gasteiger partial charge in [-0.2, -0.15) is 0 Å². The molecule has 10 rings (SSSR count). The summed E-state index contributed by atoms with van der Waals surface area (Å²) in [6.45, 7) is 24.9. The standard InChI is InChI=1S/2C35H44N4O8.2CH4.Na/c2*1-7-21-17-35(21,20(3)40)38-30(41)27-15-23(46-28-16-26(32(43)44)36-25-14-19(2)12-13-24(25)28)18-39(27)31(42)29(34(4,5)6)37-33(45)47-22-10-8-9-11-22;;;/h2*7,12-14,16,21-23,27,29H,1,8-11,15,17-18H2,2-6H3,(H,37,45)(H,38,41)(H,43,44);2*1H4;/q;;;;+1/p-1/t2*21-,23-,27+,29-,35+;;;/m11.../s1. The zero-order valence-electron chi connectivity index (χ0n) is 56.2. The van der Waals surface area contributed by atoms with Gasteiger partial charge >= 0.3 is 47.7 Å². The second kappa shape index (κ2) is 31.3. The van der Waals surface area contributed by atoms with Gasteiger partial charge in [-0.1, -0.05) is 80.7 Å². The fourth-order valence-electron chi connectivity index (χ4n) is 13.4. The SMILES string of the molecule is C.C.C=C[C@@H]1C[C@]1(NC(=O)[C@@H]1C[C@@H](Oc2cc(C(=O)O)nc3cc(C)ccc23)CN1C(=O)[C@@H](NC(=O)OC1CCCC1)C(C)(C)C)C(C)=O.C=C[C@@H]1C[C@]1(NC(=O)[C@@H]1C[C@@H](Oc2cc(C(=O)[O-])nc3cc(C)ccc23)CN1C(=O)[C@@H](NC(=O)OC1CCCC1)C(C)(C)C)C(C)=O.[Na+]. The summed E-state index contributed by atoms with van der Waals surface area (Å²) in [7, 11) is 0. The number of likely N-dealkylation sites (tertiary alicyclic amines) is 2. The van der Waals surface area contributed by atoms with Gasteiger partial charge in [-0.05, 0) is 138 Å². The fourth-order valence-corrected chi connectivity index (χ4v) is 13.4. The second-order valence-electron chi connectivity index (χ2n) is 28.2. The molecule has 4 heterocycles. The van der Waals surface area contributed by atoms with E-state index in [0.717, 1.165) is 62.5 Å². The molecule has 5 N–H and O–H groups in total. The predicted molar refractivity (Wildman–Crippen MR) is 357 cm³/mol. The Morgan fingerprint density at radius 2 is 0.959 bits per heavy atom. The molecule has 0 unspecified atom stereocenters. The topological polar surface area (TPSA) is 331 Å². The van der Waals surface area contributed by atoms with Crippen LogP contribution in [0, 0.1) is 36.5 Å². The molecule has 6 aliphatic rings. The minimum atomic E-state index is -1.47. The van der Waals surface area contributed by atoms with E-state index >= 15 is 0 Å². The van der Waals surface area contributed by atoms with Crippen molar-refractivity contribution < 1.29 is 107 Å². The molecule has 2 aromatic heterocycles. The molecular weight excluding hydrogens is 1260 g/mol. The fraction of sp³-hybridized carbons (Fsp3) is 0.556. The smallest absolute Gasteiger partial charge is 0.543 e. The molecule has 2 saturated heterocycles.